The van der Waals surface area contributed by atoms with Crippen molar-refractivity contribution < 1.29 is 14.3 Å². The lowest BCUT2D eigenvalue weighted by molar-refractivity contribution is -0.115. The van der Waals surface area contributed by atoms with Crippen LogP contribution < -0.4 is 15.2 Å². The van der Waals surface area contributed by atoms with Crippen LogP contribution in [0, 0.1) is 0 Å². The molecule has 140 valence electrons. The first kappa shape index (κ1) is 18.8. The molecule has 0 aliphatic carbocycles. The van der Waals surface area contributed by atoms with Crippen LogP contribution in [0.5, 0.6) is 11.5 Å². The number of thioether (sulfide) groups is 1. The van der Waals surface area contributed by atoms with Gasteiger partial charge in [0.25, 0.3) is 0 Å². The summed E-state index contributed by atoms with van der Waals surface area (Å²) >= 11 is 1.24. The van der Waals surface area contributed by atoms with E-state index in [9.17, 15) is 4.79 Å². The molecule has 0 saturated heterocycles. The number of para-hydroxylation sites is 1. The zero-order valence-electron chi connectivity index (χ0n) is 15.0. The van der Waals surface area contributed by atoms with Crippen LogP contribution in [-0.4, -0.2) is 33.5 Å². The zero-order valence-corrected chi connectivity index (χ0v) is 15.8. The molecule has 0 fully saturated rings. The van der Waals surface area contributed by atoms with Crippen LogP contribution in [0.3, 0.4) is 0 Å². The summed E-state index contributed by atoms with van der Waals surface area (Å²) in [5.41, 5.74) is 6.15. The maximum Gasteiger partial charge on any atom is 0.227 e. The molecule has 3 rings (SSSR count). The van der Waals surface area contributed by atoms with E-state index in [0.717, 1.165) is 11.4 Å². The minimum atomic E-state index is -0.410. The van der Waals surface area contributed by atoms with E-state index in [4.69, 9.17) is 15.2 Å². The van der Waals surface area contributed by atoms with Gasteiger partial charge in [-0.25, -0.2) is 0 Å². The molecule has 1 atom stereocenters. The minimum Gasteiger partial charge on any atom is -0.497 e. The Labute approximate surface area is 161 Å². The summed E-state index contributed by atoms with van der Waals surface area (Å²) in [5, 5.41) is 9.10. The average molecular weight is 384 g/mol. The van der Waals surface area contributed by atoms with Crippen LogP contribution in [0.25, 0.3) is 5.69 Å². The van der Waals surface area contributed by atoms with Crippen molar-refractivity contribution in [1.82, 2.24) is 14.8 Å². The van der Waals surface area contributed by atoms with Gasteiger partial charge in [0.15, 0.2) is 17.1 Å². The summed E-state index contributed by atoms with van der Waals surface area (Å²) in [6, 6.07) is 17.0. The zero-order chi connectivity index (χ0) is 19.2. The molecule has 27 heavy (non-hydrogen) atoms. The second-order valence-corrected chi connectivity index (χ2v) is 6.64. The second kappa shape index (κ2) is 8.59. The largest absolute Gasteiger partial charge is 0.497 e. The second-order valence-electron chi connectivity index (χ2n) is 5.70. The highest BCUT2D eigenvalue weighted by Gasteiger charge is 2.21. The van der Waals surface area contributed by atoms with Crippen molar-refractivity contribution in [3.05, 3.63) is 60.4 Å². The summed E-state index contributed by atoms with van der Waals surface area (Å²) in [5.74, 6) is 1.79. The lowest BCUT2D eigenvalue weighted by Crippen LogP contribution is -2.14. The maximum atomic E-state index is 11.2. The molecule has 0 saturated carbocycles. The highest BCUT2D eigenvalue weighted by atomic mass is 32.2. The number of ether oxygens (including phenoxy) is 2. The van der Waals surface area contributed by atoms with E-state index in [2.05, 4.69) is 10.2 Å². The molecular formula is C19H20N4O3S. The van der Waals surface area contributed by atoms with Gasteiger partial charge in [-0.15, -0.1) is 10.2 Å². The third-order valence-electron chi connectivity index (χ3n) is 3.75. The quantitative estimate of drug-likeness (QED) is 0.600. The van der Waals surface area contributed by atoms with Gasteiger partial charge in [0.2, 0.25) is 5.91 Å². The molecular weight excluding hydrogens is 364 g/mol. The van der Waals surface area contributed by atoms with E-state index in [1.807, 2.05) is 66.1 Å². The lowest BCUT2D eigenvalue weighted by atomic mass is 10.3. The summed E-state index contributed by atoms with van der Waals surface area (Å²) < 4.78 is 13.1. The average Bonchev–Trinajstić information content (AvgIpc) is 3.12. The van der Waals surface area contributed by atoms with Crippen LogP contribution in [0.15, 0.2) is 59.8 Å². The van der Waals surface area contributed by atoms with Crippen molar-refractivity contribution in [2.45, 2.75) is 18.2 Å². The van der Waals surface area contributed by atoms with Crippen LogP contribution in [-0.2, 0) is 4.79 Å². The van der Waals surface area contributed by atoms with Gasteiger partial charge >= 0.3 is 0 Å². The fourth-order valence-corrected chi connectivity index (χ4v) is 3.20. The Bertz CT molecular complexity index is 897. The molecule has 2 N–H and O–H groups in total. The van der Waals surface area contributed by atoms with Gasteiger partial charge in [-0.1, -0.05) is 30.0 Å². The number of benzene rings is 2. The number of methoxy groups -OCH3 is 1. The predicted octanol–water partition coefficient (Wildman–Crippen LogP) is 2.99. The van der Waals surface area contributed by atoms with Gasteiger partial charge in [0.1, 0.15) is 11.5 Å². The third kappa shape index (κ3) is 4.59. The number of aromatic nitrogens is 3. The molecule has 0 aliphatic rings. The molecule has 0 radical (unpaired) electrons. The minimum absolute atomic E-state index is 0.124. The number of amides is 1. The van der Waals surface area contributed by atoms with Crippen LogP contribution in [0.1, 0.15) is 18.9 Å². The highest BCUT2D eigenvalue weighted by molar-refractivity contribution is 7.99. The molecule has 1 aromatic heterocycles. The van der Waals surface area contributed by atoms with Crippen LogP contribution in [0.2, 0.25) is 0 Å². The van der Waals surface area contributed by atoms with Gasteiger partial charge in [-0.3, -0.25) is 9.36 Å². The highest BCUT2D eigenvalue weighted by Crippen LogP contribution is 2.28. The van der Waals surface area contributed by atoms with Crippen molar-refractivity contribution in [2.75, 3.05) is 12.9 Å². The van der Waals surface area contributed by atoms with Gasteiger partial charge in [0.05, 0.1) is 12.9 Å². The number of nitrogens with zero attached hydrogens (tertiary/aromatic N) is 3. The summed E-state index contributed by atoms with van der Waals surface area (Å²) in [6.45, 7) is 1.90. The Balaban J connectivity index is 1.90. The number of carbonyl (C=O) groups is 1. The summed E-state index contributed by atoms with van der Waals surface area (Å²) in [6.07, 6.45) is -0.367. The number of nitrogens with two attached hydrogens (primary N) is 1. The van der Waals surface area contributed by atoms with Gasteiger partial charge in [-0.05, 0) is 43.3 Å². The first-order valence-corrected chi connectivity index (χ1v) is 9.29. The molecule has 0 bridgehead atoms. The third-order valence-corrected chi connectivity index (χ3v) is 4.70. The summed E-state index contributed by atoms with van der Waals surface area (Å²) in [7, 11) is 1.62. The van der Waals surface area contributed by atoms with E-state index >= 15 is 0 Å². The number of rotatable bonds is 8. The molecule has 3 aromatic rings. The van der Waals surface area contributed by atoms with Crippen LogP contribution >= 0.6 is 11.8 Å². The van der Waals surface area contributed by atoms with E-state index in [1.165, 1.54) is 11.8 Å². The smallest absolute Gasteiger partial charge is 0.227 e. The lowest BCUT2D eigenvalue weighted by Gasteiger charge is -2.16. The molecule has 0 aliphatic heterocycles. The summed E-state index contributed by atoms with van der Waals surface area (Å²) in [4.78, 5) is 11.2. The molecule has 0 spiro atoms. The predicted molar refractivity (Wildman–Crippen MR) is 103 cm³/mol. The Kier molecular flexibility index (Phi) is 5.97. The fourth-order valence-electron chi connectivity index (χ4n) is 2.50. The Morgan fingerprint density at radius 1 is 1.11 bits per heavy atom. The van der Waals surface area contributed by atoms with Crippen molar-refractivity contribution in [1.29, 1.82) is 0 Å². The Morgan fingerprint density at radius 3 is 2.41 bits per heavy atom. The van der Waals surface area contributed by atoms with Crippen molar-refractivity contribution in [3.8, 4) is 17.2 Å². The molecule has 1 unspecified atom stereocenters. The van der Waals surface area contributed by atoms with E-state index in [-0.39, 0.29) is 11.9 Å². The standard InChI is InChI=1S/C19H20N4O3S/c1-13(26-16-10-8-15(25-2)9-11-16)18-21-22-19(27-12-17(20)24)23(18)14-6-4-3-5-7-14/h3-11,13H,12H2,1-2H3,(H2,20,24). The Hall–Kier alpha value is -3.00. The molecule has 7 nitrogen and oxygen atoms in total. The maximum absolute atomic E-state index is 11.2. The molecule has 1 heterocycles. The van der Waals surface area contributed by atoms with E-state index in [0.29, 0.717) is 16.7 Å². The number of hydrogen-bond acceptors (Lipinski definition) is 6. The number of hydrogen-bond donors (Lipinski definition) is 1. The van der Waals surface area contributed by atoms with E-state index in [1.54, 1.807) is 7.11 Å². The van der Waals surface area contributed by atoms with Crippen molar-refractivity contribution in [3.63, 3.8) is 0 Å². The molecule has 8 heteroatoms. The fraction of sp³-hybridized carbons (Fsp3) is 0.211. The first-order valence-electron chi connectivity index (χ1n) is 8.31. The molecule has 1 amide bonds. The first-order chi connectivity index (χ1) is 13.1. The normalized spacial score (nSPS) is 11.8. The number of primary amides is 1. The Morgan fingerprint density at radius 2 is 1.78 bits per heavy atom. The monoisotopic (exact) mass is 384 g/mol. The van der Waals surface area contributed by atoms with Gasteiger partial charge in [0, 0.05) is 5.69 Å². The molecule has 2 aromatic carbocycles. The van der Waals surface area contributed by atoms with Gasteiger partial charge < -0.3 is 15.2 Å². The van der Waals surface area contributed by atoms with Crippen LogP contribution in [0.4, 0.5) is 0 Å². The topological polar surface area (TPSA) is 92.3 Å². The van der Waals surface area contributed by atoms with E-state index < -0.39 is 5.91 Å². The van der Waals surface area contributed by atoms with Crippen molar-refractivity contribution in [2.24, 2.45) is 5.73 Å². The van der Waals surface area contributed by atoms with Gasteiger partial charge in [-0.2, -0.15) is 0 Å². The van der Waals surface area contributed by atoms with Crippen molar-refractivity contribution >= 4 is 17.7 Å². The SMILES string of the molecule is COc1ccc(OC(C)c2nnc(SCC(N)=O)n2-c2ccccc2)cc1. The number of carbonyl (C=O) groups excluding carboxylic acids is 1.